The van der Waals surface area contributed by atoms with Gasteiger partial charge in [0.25, 0.3) is 0 Å². The largest absolute Gasteiger partial charge is 0.435 e. The van der Waals surface area contributed by atoms with Crippen LogP contribution in [0.2, 0.25) is 0 Å². The fourth-order valence-electron chi connectivity index (χ4n) is 4.19. The van der Waals surface area contributed by atoms with E-state index in [9.17, 15) is 22.4 Å². The molecule has 0 saturated carbocycles. The lowest BCUT2D eigenvalue weighted by Gasteiger charge is -2.18. The van der Waals surface area contributed by atoms with Crippen molar-refractivity contribution in [2.45, 2.75) is 38.9 Å². The minimum absolute atomic E-state index is 0.0747. The Kier molecular flexibility index (Phi) is 9.27. The number of hydrogen-bond acceptors (Lipinski definition) is 5. The van der Waals surface area contributed by atoms with Gasteiger partial charge in [-0.3, -0.25) is 4.79 Å². The van der Waals surface area contributed by atoms with Crippen LogP contribution in [0.25, 0.3) is 0 Å². The second kappa shape index (κ2) is 13.0. The maximum absolute atomic E-state index is 13.3. The van der Waals surface area contributed by atoms with E-state index in [-0.39, 0.29) is 29.1 Å². The molecule has 0 heterocycles. The van der Waals surface area contributed by atoms with Gasteiger partial charge >= 0.3 is 13.2 Å². The lowest BCUT2D eigenvalue weighted by atomic mass is 9.86. The summed E-state index contributed by atoms with van der Waals surface area (Å²) in [6.07, 6.45) is 0. The molecule has 4 aromatic rings. The fraction of sp³-hybridized carbons (Fsp3) is 0.194. The van der Waals surface area contributed by atoms with E-state index in [1.165, 1.54) is 24.3 Å². The van der Waals surface area contributed by atoms with Gasteiger partial charge in [-0.25, -0.2) is 0 Å². The summed E-state index contributed by atoms with van der Waals surface area (Å²) in [5, 5.41) is 6.38. The number of ether oxygens (including phenoxy) is 2. The Bertz CT molecular complexity index is 1270. The van der Waals surface area contributed by atoms with E-state index in [2.05, 4.69) is 20.1 Å². The number of anilines is 4. The zero-order chi connectivity index (χ0) is 28.6. The van der Waals surface area contributed by atoms with Gasteiger partial charge in [0, 0.05) is 34.6 Å². The molecule has 9 heteroatoms. The number of alkyl halides is 4. The predicted molar refractivity (Wildman–Crippen MR) is 147 cm³/mol. The van der Waals surface area contributed by atoms with Crippen molar-refractivity contribution in [3.63, 3.8) is 0 Å². The molecule has 0 aliphatic carbocycles. The fourth-order valence-corrected chi connectivity index (χ4v) is 4.19. The summed E-state index contributed by atoms with van der Waals surface area (Å²) in [5.74, 6) is -0.426. The van der Waals surface area contributed by atoms with Gasteiger partial charge in [0.1, 0.15) is 17.3 Å². The normalized spacial score (nSPS) is 12.6. The van der Waals surface area contributed by atoms with Gasteiger partial charge in [-0.15, -0.1) is 0 Å². The van der Waals surface area contributed by atoms with Gasteiger partial charge in [-0.05, 0) is 83.9 Å². The highest BCUT2D eigenvalue weighted by Gasteiger charge is 2.23. The highest BCUT2D eigenvalue weighted by atomic mass is 19.3. The summed E-state index contributed by atoms with van der Waals surface area (Å²) < 4.78 is 58.0. The van der Waals surface area contributed by atoms with Crippen LogP contribution in [0.1, 0.15) is 36.8 Å². The monoisotopic (exact) mass is 552 g/mol. The summed E-state index contributed by atoms with van der Waals surface area (Å²) >= 11 is 0. The Labute approximate surface area is 229 Å². The quantitative estimate of drug-likeness (QED) is 0.172. The number of carbonyl (C=O) groups is 1. The van der Waals surface area contributed by atoms with E-state index >= 15 is 0 Å². The molecule has 4 rings (SSSR count). The molecule has 40 heavy (non-hydrogen) atoms. The topological polar surface area (TPSA) is 59.6 Å². The molecule has 2 N–H and O–H groups in total. The van der Waals surface area contributed by atoms with Gasteiger partial charge in [0.15, 0.2) is 0 Å². The molecule has 2 atom stereocenters. The molecular weight excluding hydrogens is 524 g/mol. The van der Waals surface area contributed by atoms with Gasteiger partial charge < -0.3 is 20.1 Å². The molecule has 0 amide bonds. The Hall–Kier alpha value is -4.53. The van der Waals surface area contributed by atoms with Gasteiger partial charge in [-0.1, -0.05) is 38.1 Å². The molecule has 4 aromatic carbocycles. The molecule has 0 saturated heterocycles. The van der Waals surface area contributed by atoms with Crippen molar-refractivity contribution in [3.05, 3.63) is 108 Å². The standard InChI is InChI=1S/C31H28F4N2O3/c1-19(21-3-7-23(8-4-21)36-25-11-15-27(16-12-25)39-30(32)33)29(38)20(2)22-5-9-24(10-6-22)37-26-13-17-28(18-14-26)40-31(34)35/h3-20,30-31,36-37H,1-2H3. The number of halogens is 4. The smallest absolute Gasteiger partial charge is 0.387 e. The summed E-state index contributed by atoms with van der Waals surface area (Å²) in [4.78, 5) is 13.3. The van der Waals surface area contributed by atoms with Gasteiger partial charge in [0.2, 0.25) is 0 Å². The van der Waals surface area contributed by atoms with Crippen molar-refractivity contribution in [1.29, 1.82) is 0 Å². The highest BCUT2D eigenvalue weighted by molar-refractivity contribution is 5.91. The van der Waals surface area contributed by atoms with Crippen LogP contribution in [-0.2, 0) is 4.79 Å². The molecule has 2 unspecified atom stereocenters. The molecule has 0 aliphatic rings. The van der Waals surface area contributed by atoms with E-state index in [0.717, 1.165) is 22.5 Å². The highest BCUT2D eigenvalue weighted by Crippen LogP contribution is 2.29. The van der Waals surface area contributed by atoms with E-state index in [4.69, 9.17) is 0 Å². The molecule has 0 spiro atoms. The van der Waals surface area contributed by atoms with Crippen LogP contribution in [-0.4, -0.2) is 19.0 Å². The van der Waals surface area contributed by atoms with Crippen molar-refractivity contribution in [2.24, 2.45) is 0 Å². The first-order chi connectivity index (χ1) is 19.2. The molecule has 5 nitrogen and oxygen atoms in total. The van der Waals surface area contributed by atoms with Crippen molar-refractivity contribution < 1.29 is 31.8 Å². The molecule has 0 radical (unpaired) electrons. The Morgan fingerprint density at radius 3 is 1.07 bits per heavy atom. The van der Waals surface area contributed by atoms with E-state index in [1.54, 1.807) is 24.3 Å². The predicted octanol–water partition coefficient (Wildman–Crippen LogP) is 8.85. The third kappa shape index (κ3) is 7.75. The van der Waals surface area contributed by atoms with Crippen molar-refractivity contribution >= 4 is 28.5 Å². The van der Waals surface area contributed by atoms with Crippen LogP contribution in [0.5, 0.6) is 11.5 Å². The summed E-state index contributed by atoms with van der Waals surface area (Å²) in [6, 6.07) is 27.4. The lowest BCUT2D eigenvalue weighted by Crippen LogP contribution is -2.16. The van der Waals surface area contributed by atoms with Crippen LogP contribution in [0.4, 0.5) is 40.3 Å². The van der Waals surface area contributed by atoms with Crippen LogP contribution < -0.4 is 20.1 Å². The Morgan fingerprint density at radius 1 is 0.525 bits per heavy atom. The van der Waals surface area contributed by atoms with Crippen molar-refractivity contribution in [1.82, 2.24) is 0 Å². The molecule has 0 aromatic heterocycles. The number of Topliss-reactive ketones (excluding diaryl/α,β-unsaturated/α-hetero) is 1. The second-order valence-electron chi connectivity index (χ2n) is 9.15. The zero-order valence-electron chi connectivity index (χ0n) is 21.8. The molecule has 0 aliphatic heterocycles. The SMILES string of the molecule is CC(C(=O)C(C)c1ccc(Nc2ccc(OC(F)F)cc2)cc1)c1ccc(Nc2ccc(OC(F)F)cc2)cc1. The number of hydrogen-bond donors (Lipinski definition) is 2. The van der Waals surface area contributed by atoms with Crippen LogP contribution >= 0.6 is 0 Å². The van der Waals surface area contributed by atoms with Crippen LogP contribution in [0.15, 0.2) is 97.1 Å². The average Bonchev–Trinajstić information content (AvgIpc) is 2.94. The summed E-state index contributed by atoms with van der Waals surface area (Å²) in [7, 11) is 0. The first-order valence-electron chi connectivity index (χ1n) is 12.6. The molecular formula is C31H28F4N2O3. The van der Waals surface area contributed by atoms with Crippen LogP contribution in [0.3, 0.4) is 0 Å². The number of carbonyl (C=O) groups excluding carboxylic acids is 1. The van der Waals surface area contributed by atoms with E-state index in [1.807, 2.05) is 62.4 Å². The van der Waals surface area contributed by atoms with Gasteiger partial charge in [-0.2, -0.15) is 17.6 Å². The zero-order valence-corrected chi connectivity index (χ0v) is 21.8. The van der Waals surface area contributed by atoms with Crippen molar-refractivity contribution in [2.75, 3.05) is 10.6 Å². The first kappa shape index (κ1) is 28.5. The maximum atomic E-state index is 13.3. The molecule has 0 fully saturated rings. The number of rotatable bonds is 12. The average molecular weight is 553 g/mol. The van der Waals surface area contributed by atoms with E-state index in [0.29, 0.717) is 11.4 Å². The third-order valence-electron chi connectivity index (χ3n) is 6.41. The number of ketones is 1. The molecule has 208 valence electrons. The summed E-state index contributed by atoms with van der Waals surface area (Å²) in [6.45, 7) is -1.99. The third-order valence-corrected chi connectivity index (χ3v) is 6.41. The number of benzene rings is 4. The minimum atomic E-state index is -2.87. The minimum Gasteiger partial charge on any atom is -0.435 e. The first-order valence-corrected chi connectivity index (χ1v) is 12.6. The summed E-state index contributed by atoms with van der Waals surface area (Å²) in [5.41, 5.74) is 4.75. The lowest BCUT2D eigenvalue weighted by molar-refractivity contribution is -0.121. The maximum Gasteiger partial charge on any atom is 0.387 e. The Morgan fingerprint density at radius 2 is 0.800 bits per heavy atom. The molecule has 0 bridgehead atoms. The van der Waals surface area contributed by atoms with Gasteiger partial charge in [0.05, 0.1) is 0 Å². The second-order valence-corrected chi connectivity index (χ2v) is 9.15. The Balaban J connectivity index is 1.33. The van der Waals surface area contributed by atoms with E-state index < -0.39 is 13.2 Å². The number of nitrogens with one attached hydrogen (secondary N) is 2. The van der Waals surface area contributed by atoms with Crippen molar-refractivity contribution in [3.8, 4) is 11.5 Å². The van der Waals surface area contributed by atoms with Crippen LogP contribution in [0, 0.1) is 0 Å².